The quantitative estimate of drug-likeness (QED) is 0.341. The summed E-state index contributed by atoms with van der Waals surface area (Å²) in [5.41, 5.74) is 2.03. The highest BCUT2D eigenvalue weighted by atomic mass is 32.2. The van der Waals surface area contributed by atoms with Gasteiger partial charge in [0.1, 0.15) is 10.7 Å². The second kappa shape index (κ2) is 8.40. The van der Waals surface area contributed by atoms with Crippen LogP contribution in [-0.2, 0) is 6.54 Å². The van der Waals surface area contributed by atoms with E-state index in [2.05, 4.69) is 27.3 Å². The van der Waals surface area contributed by atoms with Crippen molar-refractivity contribution in [2.45, 2.75) is 37.7 Å². The van der Waals surface area contributed by atoms with Gasteiger partial charge in [0.15, 0.2) is 10.9 Å². The highest BCUT2D eigenvalue weighted by molar-refractivity contribution is 7.99. The molecular formula is C23H21N5O2S2. The van der Waals surface area contributed by atoms with Crippen molar-refractivity contribution < 1.29 is 4.42 Å². The van der Waals surface area contributed by atoms with E-state index in [0.717, 1.165) is 26.0 Å². The number of H-pyrrole nitrogens is 1. The molecule has 162 valence electrons. The Morgan fingerprint density at radius 2 is 1.97 bits per heavy atom. The Balaban J connectivity index is 1.51. The fourth-order valence-corrected chi connectivity index (χ4v) is 5.49. The first-order valence-corrected chi connectivity index (χ1v) is 11.9. The molecule has 5 rings (SSSR count). The van der Waals surface area contributed by atoms with E-state index >= 15 is 0 Å². The van der Waals surface area contributed by atoms with Gasteiger partial charge in [-0.1, -0.05) is 42.1 Å². The maximum Gasteiger partial charge on any atom is 0.259 e. The second-order valence-corrected chi connectivity index (χ2v) is 10.0. The summed E-state index contributed by atoms with van der Waals surface area (Å²) in [7, 11) is 0. The van der Waals surface area contributed by atoms with Crippen molar-refractivity contribution >= 4 is 33.3 Å². The summed E-state index contributed by atoms with van der Waals surface area (Å²) in [4.78, 5) is 22.3. The largest absolute Gasteiger partial charge is 0.461 e. The third kappa shape index (κ3) is 3.78. The first-order valence-electron chi connectivity index (χ1n) is 10.2. The summed E-state index contributed by atoms with van der Waals surface area (Å²) in [6, 6.07) is 13.9. The molecule has 0 saturated carbocycles. The third-order valence-corrected chi connectivity index (χ3v) is 7.56. The second-order valence-electron chi connectivity index (χ2n) is 7.53. The molecule has 0 amide bonds. The zero-order valence-electron chi connectivity index (χ0n) is 17.8. The highest BCUT2D eigenvalue weighted by Crippen LogP contribution is 2.35. The SMILES string of the molecule is Cc1sc2nc(C(C)Sc3nnc(-c4ccco4)n3Cc3ccccc3)[nH]c(=O)c2c1C. The Bertz CT molecular complexity index is 1430. The number of rotatable bonds is 6. The lowest BCUT2D eigenvalue weighted by molar-refractivity contribution is 0.569. The first kappa shape index (κ1) is 20.7. The molecule has 0 saturated heterocycles. The number of furan rings is 1. The van der Waals surface area contributed by atoms with E-state index in [9.17, 15) is 4.79 Å². The van der Waals surface area contributed by atoms with Gasteiger partial charge in [-0.05, 0) is 44.0 Å². The topological polar surface area (TPSA) is 89.6 Å². The summed E-state index contributed by atoms with van der Waals surface area (Å²) < 4.78 is 7.62. The Kier molecular flexibility index (Phi) is 5.44. The number of aromatic amines is 1. The molecule has 5 aromatic rings. The number of hydrogen-bond acceptors (Lipinski definition) is 7. The van der Waals surface area contributed by atoms with Crippen LogP contribution in [0.3, 0.4) is 0 Å². The minimum atomic E-state index is -0.127. The molecule has 1 unspecified atom stereocenters. The van der Waals surface area contributed by atoms with Crippen LogP contribution in [0.1, 0.15) is 34.0 Å². The van der Waals surface area contributed by atoms with Crippen LogP contribution in [0.4, 0.5) is 0 Å². The molecule has 7 nitrogen and oxygen atoms in total. The van der Waals surface area contributed by atoms with Crippen LogP contribution < -0.4 is 5.56 Å². The van der Waals surface area contributed by atoms with Crippen LogP contribution >= 0.6 is 23.1 Å². The van der Waals surface area contributed by atoms with Crippen molar-refractivity contribution in [1.29, 1.82) is 0 Å². The van der Waals surface area contributed by atoms with Gasteiger partial charge in [0.05, 0.1) is 23.4 Å². The van der Waals surface area contributed by atoms with Gasteiger partial charge in [0.25, 0.3) is 5.56 Å². The Labute approximate surface area is 192 Å². The summed E-state index contributed by atoms with van der Waals surface area (Å²) >= 11 is 3.06. The van der Waals surface area contributed by atoms with Gasteiger partial charge in [0, 0.05) is 4.88 Å². The number of fused-ring (bicyclic) bond motifs is 1. The van der Waals surface area contributed by atoms with E-state index in [1.54, 1.807) is 17.6 Å². The molecule has 0 fully saturated rings. The standard InChI is InChI=1S/C23H21N5O2S2/c1-13-14(2)31-22-18(13)21(29)24-19(25-22)15(3)32-23-27-26-20(17-10-7-11-30-17)28(23)12-16-8-5-4-6-9-16/h4-11,15H,12H2,1-3H3,(H,24,25,29). The van der Waals surface area contributed by atoms with Crippen molar-refractivity contribution in [1.82, 2.24) is 24.7 Å². The van der Waals surface area contributed by atoms with Gasteiger partial charge in [-0.25, -0.2) is 4.98 Å². The van der Waals surface area contributed by atoms with E-state index in [-0.39, 0.29) is 10.8 Å². The van der Waals surface area contributed by atoms with Crippen molar-refractivity contribution in [3.8, 4) is 11.6 Å². The highest BCUT2D eigenvalue weighted by Gasteiger charge is 2.22. The number of aryl methyl sites for hydroxylation is 2. The van der Waals surface area contributed by atoms with Gasteiger partial charge >= 0.3 is 0 Å². The molecule has 32 heavy (non-hydrogen) atoms. The molecule has 0 aliphatic carbocycles. The molecular weight excluding hydrogens is 442 g/mol. The fourth-order valence-electron chi connectivity index (χ4n) is 3.55. The molecule has 4 heterocycles. The summed E-state index contributed by atoms with van der Waals surface area (Å²) in [5, 5.41) is 10.1. The lowest BCUT2D eigenvalue weighted by Gasteiger charge is -2.13. The first-order chi connectivity index (χ1) is 15.5. The van der Waals surface area contributed by atoms with E-state index < -0.39 is 0 Å². The minimum absolute atomic E-state index is 0.0960. The van der Waals surface area contributed by atoms with Crippen molar-refractivity contribution in [3.63, 3.8) is 0 Å². The molecule has 0 aliphatic heterocycles. The normalized spacial score (nSPS) is 12.5. The smallest absolute Gasteiger partial charge is 0.259 e. The summed E-state index contributed by atoms with van der Waals surface area (Å²) in [6.45, 7) is 6.59. The Hall–Kier alpha value is -3.17. The van der Waals surface area contributed by atoms with E-state index in [1.807, 2.05) is 55.7 Å². The van der Waals surface area contributed by atoms with Gasteiger partial charge in [-0.3, -0.25) is 9.36 Å². The van der Waals surface area contributed by atoms with E-state index in [0.29, 0.717) is 29.3 Å². The van der Waals surface area contributed by atoms with Crippen molar-refractivity contribution in [2.24, 2.45) is 0 Å². The maximum atomic E-state index is 12.7. The van der Waals surface area contributed by atoms with Crippen LogP contribution in [0.15, 0.2) is 63.1 Å². The summed E-state index contributed by atoms with van der Waals surface area (Å²) in [6.07, 6.45) is 1.63. The minimum Gasteiger partial charge on any atom is -0.461 e. The average Bonchev–Trinajstić information content (AvgIpc) is 3.50. The average molecular weight is 464 g/mol. The van der Waals surface area contributed by atoms with Crippen LogP contribution in [0, 0.1) is 13.8 Å². The number of hydrogen-bond donors (Lipinski definition) is 1. The third-order valence-electron chi connectivity index (χ3n) is 5.37. The Morgan fingerprint density at radius 1 is 1.16 bits per heavy atom. The number of thioether (sulfide) groups is 1. The van der Waals surface area contributed by atoms with Crippen LogP contribution in [-0.4, -0.2) is 24.7 Å². The summed E-state index contributed by atoms with van der Waals surface area (Å²) in [5.74, 6) is 1.95. The molecule has 1 aromatic carbocycles. The number of thiophene rings is 1. The fraction of sp³-hybridized carbons (Fsp3) is 0.217. The molecule has 0 spiro atoms. The monoisotopic (exact) mass is 463 g/mol. The number of nitrogens with one attached hydrogen (secondary N) is 1. The zero-order chi connectivity index (χ0) is 22.2. The van der Waals surface area contributed by atoms with Gasteiger partial charge in [0.2, 0.25) is 5.82 Å². The van der Waals surface area contributed by atoms with Gasteiger partial charge in [-0.15, -0.1) is 21.5 Å². The predicted octanol–water partition coefficient (Wildman–Crippen LogP) is 5.35. The lowest BCUT2D eigenvalue weighted by Crippen LogP contribution is -2.13. The van der Waals surface area contributed by atoms with E-state index in [1.165, 1.54) is 11.8 Å². The van der Waals surface area contributed by atoms with Crippen LogP contribution in [0.25, 0.3) is 21.8 Å². The van der Waals surface area contributed by atoms with Crippen molar-refractivity contribution in [2.75, 3.05) is 0 Å². The molecule has 0 aliphatic rings. The van der Waals surface area contributed by atoms with Crippen LogP contribution in [0.2, 0.25) is 0 Å². The van der Waals surface area contributed by atoms with Gasteiger partial charge in [-0.2, -0.15) is 0 Å². The maximum absolute atomic E-state index is 12.7. The number of benzene rings is 1. The number of aromatic nitrogens is 5. The van der Waals surface area contributed by atoms with Gasteiger partial charge < -0.3 is 9.40 Å². The zero-order valence-corrected chi connectivity index (χ0v) is 19.5. The Morgan fingerprint density at radius 3 is 2.72 bits per heavy atom. The molecule has 0 radical (unpaired) electrons. The van der Waals surface area contributed by atoms with E-state index in [4.69, 9.17) is 9.40 Å². The van der Waals surface area contributed by atoms with Crippen LogP contribution in [0.5, 0.6) is 0 Å². The molecule has 0 bridgehead atoms. The molecule has 1 atom stereocenters. The predicted molar refractivity (Wildman–Crippen MR) is 127 cm³/mol. The number of nitrogens with zero attached hydrogens (tertiary/aromatic N) is 4. The molecule has 1 N–H and O–H groups in total. The molecule has 9 heteroatoms. The van der Waals surface area contributed by atoms with Crippen molar-refractivity contribution in [3.05, 3.63) is 80.9 Å². The lowest BCUT2D eigenvalue weighted by atomic mass is 10.2. The molecule has 4 aromatic heterocycles.